The number of aromatic nitrogens is 6. The van der Waals surface area contributed by atoms with Crippen LogP contribution in [0.3, 0.4) is 0 Å². The second-order valence-corrected chi connectivity index (χ2v) is 8.36. The SMILES string of the molecule is Cc1onc(-c2ccccc2)c1-c1nnc(CSc2n[nH]c(-c3ccccc3Br)n2)o1. The van der Waals surface area contributed by atoms with Crippen LogP contribution < -0.4 is 0 Å². The molecular weight excluding hydrogens is 480 g/mol. The van der Waals surface area contributed by atoms with E-state index in [9.17, 15) is 0 Å². The molecular formula is C21H15BrN6O2S. The Kier molecular flexibility index (Phi) is 5.39. The Morgan fingerprint density at radius 3 is 2.68 bits per heavy atom. The monoisotopic (exact) mass is 494 g/mol. The maximum Gasteiger partial charge on any atom is 0.253 e. The van der Waals surface area contributed by atoms with E-state index in [-0.39, 0.29) is 0 Å². The second-order valence-electron chi connectivity index (χ2n) is 6.56. The summed E-state index contributed by atoms with van der Waals surface area (Å²) in [5.41, 5.74) is 3.24. The predicted molar refractivity (Wildman–Crippen MR) is 119 cm³/mol. The molecule has 0 saturated heterocycles. The lowest BCUT2D eigenvalue weighted by molar-refractivity contribution is 0.399. The molecule has 3 aromatic heterocycles. The molecule has 31 heavy (non-hydrogen) atoms. The van der Waals surface area contributed by atoms with Crippen molar-refractivity contribution >= 4 is 27.7 Å². The van der Waals surface area contributed by atoms with Crippen LogP contribution in [0.1, 0.15) is 11.7 Å². The smallest absolute Gasteiger partial charge is 0.253 e. The van der Waals surface area contributed by atoms with Gasteiger partial charge in [-0.15, -0.1) is 15.3 Å². The van der Waals surface area contributed by atoms with Crippen molar-refractivity contribution in [2.24, 2.45) is 0 Å². The molecule has 5 aromatic rings. The molecule has 0 aliphatic carbocycles. The quantitative estimate of drug-likeness (QED) is 0.306. The average Bonchev–Trinajstić information content (AvgIpc) is 3.53. The fraction of sp³-hybridized carbons (Fsp3) is 0.0952. The van der Waals surface area contributed by atoms with E-state index in [0.29, 0.717) is 45.5 Å². The molecule has 0 radical (unpaired) electrons. The summed E-state index contributed by atoms with van der Waals surface area (Å²) in [6, 6.07) is 17.6. The number of hydrogen-bond donors (Lipinski definition) is 1. The van der Waals surface area contributed by atoms with Crippen LogP contribution in [0.15, 0.2) is 73.2 Å². The van der Waals surface area contributed by atoms with Gasteiger partial charge < -0.3 is 8.94 Å². The van der Waals surface area contributed by atoms with E-state index in [1.54, 1.807) is 0 Å². The second kappa shape index (κ2) is 8.48. The summed E-state index contributed by atoms with van der Waals surface area (Å²) in [5, 5.41) is 20.3. The van der Waals surface area contributed by atoms with Gasteiger partial charge in [-0.3, -0.25) is 5.10 Å². The normalized spacial score (nSPS) is 11.2. The van der Waals surface area contributed by atoms with Crippen molar-refractivity contribution in [1.82, 2.24) is 30.5 Å². The van der Waals surface area contributed by atoms with Crippen LogP contribution in [0, 0.1) is 6.92 Å². The molecule has 1 N–H and O–H groups in total. The van der Waals surface area contributed by atoms with Gasteiger partial charge in [0.15, 0.2) is 5.82 Å². The molecule has 0 saturated carbocycles. The van der Waals surface area contributed by atoms with Crippen LogP contribution in [0.4, 0.5) is 0 Å². The highest BCUT2D eigenvalue weighted by Gasteiger charge is 2.22. The molecule has 0 spiro atoms. The summed E-state index contributed by atoms with van der Waals surface area (Å²) < 4.78 is 12.2. The zero-order valence-corrected chi connectivity index (χ0v) is 18.6. The summed E-state index contributed by atoms with van der Waals surface area (Å²) in [6.45, 7) is 1.82. The highest BCUT2D eigenvalue weighted by Crippen LogP contribution is 2.34. The van der Waals surface area contributed by atoms with Gasteiger partial charge in [-0.05, 0) is 13.0 Å². The maximum atomic E-state index is 5.89. The molecule has 0 bridgehead atoms. The number of hydrogen-bond acceptors (Lipinski definition) is 8. The van der Waals surface area contributed by atoms with Crippen LogP contribution in [0.2, 0.25) is 0 Å². The third-order valence-corrected chi connectivity index (χ3v) is 6.03. The average molecular weight is 495 g/mol. The van der Waals surface area contributed by atoms with Crippen LogP contribution in [0.5, 0.6) is 0 Å². The number of rotatable bonds is 6. The molecule has 2 aromatic carbocycles. The first kappa shape index (κ1) is 19.7. The molecule has 0 atom stereocenters. The Bertz CT molecular complexity index is 1330. The van der Waals surface area contributed by atoms with E-state index >= 15 is 0 Å². The van der Waals surface area contributed by atoms with Crippen molar-refractivity contribution in [2.75, 3.05) is 0 Å². The molecule has 3 heterocycles. The van der Waals surface area contributed by atoms with Crippen molar-refractivity contribution < 1.29 is 8.94 Å². The molecule has 0 amide bonds. The van der Waals surface area contributed by atoms with Crippen molar-refractivity contribution in [1.29, 1.82) is 0 Å². The van der Waals surface area contributed by atoms with Gasteiger partial charge in [0.2, 0.25) is 11.0 Å². The summed E-state index contributed by atoms with van der Waals surface area (Å²) in [7, 11) is 0. The third-order valence-electron chi connectivity index (χ3n) is 4.51. The van der Waals surface area contributed by atoms with E-state index < -0.39 is 0 Å². The summed E-state index contributed by atoms with van der Waals surface area (Å²) in [5.74, 6) is 2.58. The number of nitrogens with one attached hydrogen (secondary N) is 1. The molecule has 10 heteroatoms. The molecule has 154 valence electrons. The van der Waals surface area contributed by atoms with Crippen LogP contribution in [-0.2, 0) is 5.75 Å². The predicted octanol–water partition coefficient (Wildman–Crippen LogP) is 5.54. The first-order valence-corrected chi connectivity index (χ1v) is 11.1. The molecule has 5 rings (SSSR count). The largest absolute Gasteiger partial charge is 0.420 e. The fourth-order valence-corrected chi connectivity index (χ4v) is 4.15. The standard InChI is InChI=1S/C21H15BrN6O2S/c1-12-17(18(28-30-12)13-7-3-2-4-8-13)20-26-24-16(29-20)11-31-21-23-19(25-27-21)14-9-5-6-10-15(14)22/h2-10H,11H2,1H3,(H,23,25,27). The highest BCUT2D eigenvalue weighted by molar-refractivity contribution is 9.10. The Morgan fingerprint density at radius 2 is 1.84 bits per heavy atom. The van der Waals surface area contributed by atoms with Gasteiger partial charge in [-0.25, -0.2) is 4.98 Å². The topological polar surface area (TPSA) is 107 Å². The third kappa shape index (κ3) is 4.04. The van der Waals surface area contributed by atoms with Gasteiger partial charge >= 0.3 is 0 Å². The number of halogens is 1. The lowest BCUT2D eigenvalue weighted by Gasteiger charge is -1.98. The van der Waals surface area contributed by atoms with Gasteiger partial charge in [0, 0.05) is 15.6 Å². The Morgan fingerprint density at radius 1 is 1.03 bits per heavy atom. The zero-order valence-electron chi connectivity index (χ0n) is 16.2. The van der Waals surface area contributed by atoms with Gasteiger partial charge in [0.05, 0.1) is 5.75 Å². The van der Waals surface area contributed by atoms with Crippen molar-refractivity contribution in [3.63, 3.8) is 0 Å². The first-order chi connectivity index (χ1) is 15.2. The molecule has 0 aliphatic rings. The molecule has 0 aliphatic heterocycles. The van der Waals surface area contributed by atoms with Crippen LogP contribution in [-0.4, -0.2) is 30.5 Å². The van der Waals surface area contributed by atoms with Gasteiger partial charge in [0.1, 0.15) is 17.0 Å². The summed E-state index contributed by atoms with van der Waals surface area (Å²) >= 11 is 4.93. The minimum atomic E-state index is 0.372. The van der Waals surface area contributed by atoms with E-state index in [2.05, 4.69) is 46.5 Å². The maximum absolute atomic E-state index is 5.89. The highest BCUT2D eigenvalue weighted by atomic mass is 79.9. The lowest BCUT2D eigenvalue weighted by atomic mass is 10.1. The Hall–Kier alpha value is -3.24. The number of H-pyrrole nitrogens is 1. The zero-order chi connectivity index (χ0) is 21.2. The van der Waals surface area contributed by atoms with Crippen molar-refractivity contribution in [3.05, 3.63) is 70.7 Å². The molecule has 0 unspecified atom stereocenters. The van der Waals surface area contributed by atoms with Crippen molar-refractivity contribution in [3.8, 4) is 34.1 Å². The van der Waals surface area contributed by atoms with E-state index in [0.717, 1.165) is 15.6 Å². The number of nitrogens with zero attached hydrogens (tertiary/aromatic N) is 5. The molecule has 0 fully saturated rings. The Labute approximate surface area is 189 Å². The Balaban J connectivity index is 1.33. The number of aryl methyl sites for hydroxylation is 1. The van der Waals surface area contributed by atoms with E-state index in [4.69, 9.17) is 8.94 Å². The van der Waals surface area contributed by atoms with Gasteiger partial charge in [0.25, 0.3) is 5.89 Å². The summed E-state index contributed by atoms with van der Waals surface area (Å²) in [4.78, 5) is 4.53. The lowest BCUT2D eigenvalue weighted by Crippen LogP contribution is -1.84. The first-order valence-electron chi connectivity index (χ1n) is 9.33. The van der Waals surface area contributed by atoms with Crippen LogP contribution in [0.25, 0.3) is 34.1 Å². The van der Waals surface area contributed by atoms with Crippen LogP contribution >= 0.6 is 27.7 Å². The minimum absolute atomic E-state index is 0.372. The van der Waals surface area contributed by atoms with Gasteiger partial charge in [-0.1, -0.05) is 81.4 Å². The summed E-state index contributed by atoms with van der Waals surface area (Å²) in [6.07, 6.45) is 0. The minimum Gasteiger partial charge on any atom is -0.420 e. The fourth-order valence-electron chi connectivity index (χ4n) is 3.04. The van der Waals surface area contributed by atoms with E-state index in [1.807, 2.05) is 61.5 Å². The van der Waals surface area contributed by atoms with Gasteiger partial charge in [-0.2, -0.15) is 0 Å². The number of aromatic amines is 1. The van der Waals surface area contributed by atoms with E-state index in [1.165, 1.54) is 11.8 Å². The molecule has 8 nitrogen and oxygen atoms in total. The van der Waals surface area contributed by atoms with Crippen molar-refractivity contribution in [2.45, 2.75) is 17.8 Å². The number of benzene rings is 2. The number of thioether (sulfide) groups is 1.